The Morgan fingerprint density at radius 1 is 1.45 bits per heavy atom. The summed E-state index contributed by atoms with van der Waals surface area (Å²) >= 11 is 0. The minimum Gasteiger partial charge on any atom is -0.497 e. The molecule has 0 spiro atoms. The van der Waals surface area contributed by atoms with Gasteiger partial charge in [-0.3, -0.25) is 4.68 Å². The molecule has 4 nitrogen and oxygen atoms in total. The van der Waals surface area contributed by atoms with Crippen LogP contribution < -0.4 is 10.1 Å². The van der Waals surface area contributed by atoms with E-state index in [9.17, 15) is 0 Å². The molecule has 0 fully saturated rings. The molecule has 0 radical (unpaired) electrons. The molecule has 0 saturated heterocycles. The van der Waals surface area contributed by atoms with Crippen LogP contribution in [0.2, 0.25) is 0 Å². The third-order valence-corrected chi connectivity index (χ3v) is 4.00. The van der Waals surface area contributed by atoms with Gasteiger partial charge in [0.2, 0.25) is 0 Å². The van der Waals surface area contributed by atoms with Crippen molar-refractivity contribution >= 4 is 0 Å². The maximum Gasteiger partial charge on any atom is 0.119 e. The van der Waals surface area contributed by atoms with Crippen molar-refractivity contribution in [2.75, 3.05) is 13.7 Å². The van der Waals surface area contributed by atoms with Gasteiger partial charge in [-0.25, -0.2) is 0 Å². The minimum atomic E-state index is 0.296. The SMILES string of the molecule is CCNC1c2cc(OC)ccc2CC1n1cc(C)cn1. The summed E-state index contributed by atoms with van der Waals surface area (Å²) in [6.45, 7) is 5.17. The van der Waals surface area contributed by atoms with Gasteiger partial charge in [0, 0.05) is 6.20 Å². The molecule has 0 amide bonds. The molecule has 1 N–H and O–H groups in total. The summed E-state index contributed by atoms with van der Waals surface area (Å²) in [6.07, 6.45) is 5.06. The van der Waals surface area contributed by atoms with Crippen molar-refractivity contribution in [3.63, 3.8) is 0 Å². The average molecular weight is 271 g/mol. The molecule has 106 valence electrons. The normalized spacial score (nSPS) is 20.9. The quantitative estimate of drug-likeness (QED) is 0.929. The zero-order valence-corrected chi connectivity index (χ0v) is 12.3. The Hall–Kier alpha value is -1.81. The molecule has 2 aromatic rings. The predicted octanol–water partition coefficient (Wildman–Crippen LogP) is 2.65. The van der Waals surface area contributed by atoms with Crippen LogP contribution >= 0.6 is 0 Å². The molecular formula is C16H21N3O. The van der Waals surface area contributed by atoms with Crippen LogP contribution in [0.1, 0.15) is 35.7 Å². The highest BCUT2D eigenvalue weighted by Gasteiger charge is 2.33. The summed E-state index contributed by atoms with van der Waals surface area (Å²) in [6, 6.07) is 7.00. The number of rotatable bonds is 4. The number of hydrogen-bond acceptors (Lipinski definition) is 3. The number of methoxy groups -OCH3 is 1. The third-order valence-electron chi connectivity index (χ3n) is 4.00. The van der Waals surface area contributed by atoms with Gasteiger partial charge in [0.15, 0.2) is 0 Å². The molecule has 1 aliphatic rings. The highest BCUT2D eigenvalue weighted by molar-refractivity contribution is 5.42. The van der Waals surface area contributed by atoms with Gasteiger partial charge in [0.05, 0.1) is 25.4 Å². The van der Waals surface area contributed by atoms with Crippen molar-refractivity contribution in [1.82, 2.24) is 15.1 Å². The molecule has 1 aromatic carbocycles. The van der Waals surface area contributed by atoms with E-state index in [0.717, 1.165) is 18.7 Å². The van der Waals surface area contributed by atoms with Crippen LogP contribution in [0.15, 0.2) is 30.6 Å². The Labute approximate surface area is 119 Å². The van der Waals surface area contributed by atoms with E-state index >= 15 is 0 Å². The van der Waals surface area contributed by atoms with Gasteiger partial charge < -0.3 is 10.1 Å². The molecule has 4 heteroatoms. The van der Waals surface area contributed by atoms with Gasteiger partial charge in [-0.15, -0.1) is 0 Å². The summed E-state index contributed by atoms with van der Waals surface area (Å²) in [5, 5.41) is 8.09. The van der Waals surface area contributed by atoms with Crippen molar-refractivity contribution in [2.24, 2.45) is 0 Å². The van der Waals surface area contributed by atoms with Crippen molar-refractivity contribution in [2.45, 2.75) is 32.4 Å². The second-order valence-corrected chi connectivity index (χ2v) is 5.37. The highest BCUT2D eigenvalue weighted by atomic mass is 16.5. The molecule has 0 saturated carbocycles. The van der Waals surface area contributed by atoms with Crippen molar-refractivity contribution < 1.29 is 4.74 Å². The second-order valence-electron chi connectivity index (χ2n) is 5.37. The summed E-state index contributed by atoms with van der Waals surface area (Å²) in [7, 11) is 1.72. The molecule has 3 rings (SSSR count). The van der Waals surface area contributed by atoms with E-state index in [2.05, 4.69) is 47.3 Å². The highest BCUT2D eigenvalue weighted by Crippen LogP contribution is 2.40. The number of hydrogen-bond donors (Lipinski definition) is 1. The van der Waals surface area contributed by atoms with E-state index in [1.165, 1.54) is 16.7 Å². The van der Waals surface area contributed by atoms with E-state index < -0.39 is 0 Å². The summed E-state index contributed by atoms with van der Waals surface area (Å²) < 4.78 is 7.45. The fraction of sp³-hybridized carbons (Fsp3) is 0.438. The number of fused-ring (bicyclic) bond motifs is 1. The molecule has 1 aliphatic carbocycles. The lowest BCUT2D eigenvalue weighted by Crippen LogP contribution is -2.27. The Morgan fingerprint density at radius 3 is 2.95 bits per heavy atom. The van der Waals surface area contributed by atoms with Crippen LogP contribution in [0.3, 0.4) is 0 Å². The van der Waals surface area contributed by atoms with Crippen LogP contribution in [0, 0.1) is 6.92 Å². The molecular weight excluding hydrogens is 250 g/mol. The first-order valence-electron chi connectivity index (χ1n) is 7.14. The fourth-order valence-electron chi connectivity index (χ4n) is 3.05. The minimum absolute atomic E-state index is 0.296. The number of ether oxygens (including phenoxy) is 1. The lowest BCUT2D eigenvalue weighted by Gasteiger charge is -2.22. The lowest BCUT2D eigenvalue weighted by molar-refractivity contribution is 0.358. The number of benzene rings is 1. The maximum absolute atomic E-state index is 5.36. The molecule has 0 bridgehead atoms. The van der Waals surface area contributed by atoms with Gasteiger partial charge in [-0.2, -0.15) is 5.10 Å². The molecule has 20 heavy (non-hydrogen) atoms. The first-order chi connectivity index (χ1) is 9.72. The number of aryl methyl sites for hydroxylation is 1. The molecule has 0 aliphatic heterocycles. The number of nitrogens with one attached hydrogen (secondary N) is 1. The van der Waals surface area contributed by atoms with Gasteiger partial charge in [0.25, 0.3) is 0 Å². The van der Waals surface area contributed by atoms with Gasteiger partial charge in [0.1, 0.15) is 5.75 Å². The number of likely N-dealkylation sites (N-methyl/N-ethyl adjacent to an activating group) is 1. The Bertz CT molecular complexity index is 606. The van der Waals surface area contributed by atoms with Gasteiger partial charge >= 0.3 is 0 Å². The summed E-state index contributed by atoms with van der Waals surface area (Å²) in [5.41, 5.74) is 3.92. The van der Waals surface area contributed by atoms with Gasteiger partial charge in [-0.1, -0.05) is 13.0 Å². The van der Waals surface area contributed by atoms with E-state index in [4.69, 9.17) is 4.74 Å². The molecule has 2 atom stereocenters. The summed E-state index contributed by atoms with van der Waals surface area (Å²) in [4.78, 5) is 0. The Kier molecular flexibility index (Phi) is 3.49. The summed E-state index contributed by atoms with van der Waals surface area (Å²) in [5.74, 6) is 0.920. The smallest absolute Gasteiger partial charge is 0.119 e. The number of aromatic nitrogens is 2. The number of nitrogens with zero attached hydrogens (tertiary/aromatic N) is 2. The predicted molar refractivity (Wildman–Crippen MR) is 79.1 cm³/mol. The first kappa shape index (κ1) is 13.2. The fourth-order valence-corrected chi connectivity index (χ4v) is 3.05. The van der Waals surface area contributed by atoms with E-state index in [0.29, 0.717) is 12.1 Å². The largest absolute Gasteiger partial charge is 0.497 e. The van der Waals surface area contributed by atoms with Crippen molar-refractivity contribution in [3.8, 4) is 5.75 Å². The van der Waals surface area contributed by atoms with Crippen LogP contribution in [0.25, 0.3) is 0 Å². The molecule has 1 heterocycles. The Balaban J connectivity index is 1.98. The van der Waals surface area contributed by atoms with E-state index in [-0.39, 0.29) is 0 Å². The molecule has 1 aromatic heterocycles. The zero-order valence-electron chi connectivity index (χ0n) is 12.3. The van der Waals surface area contributed by atoms with Crippen LogP contribution in [-0.2, 0) is 6.42 Å². The monoisotopic (exact) mass is 271 g/mol. The zero-order chi connectivity index (χ0) is 14.1. The van der Waals surface area contributed by atoms with E-state index in [1.807, 2.05) is 12.3 Å². The average Bonchev–Trinajstić information content (AvgIpc) is 3.03. The standard InChI is InChI=1S/C16H21N3O/c1-4-17-16-14-8-13(20-3)6-5-12(14)7-15(16)19-10-11(2)9-18-19/h5-6,8-10,15-17H,4,7H2,1-3H3. The van der Waals surface area contributed by atoms with E-state index in [1.54, 1.807) is 7.11 Å². The topological polar surface area (TPSA) is 39.1 Å². The third kappa shape index (κ3) is 2.20. The first-order valence-corrected chi connectivity index (χ1v) is 7.14. The lowest BCUT2D eigenvalue weighted by atomic mass is 10.1. The second kappa shape index (κ2) is 5.29. The Morgan fingerprint density at radius 2 is 2.30 bits per heavy atom. The van der Waals surface area contributed by atoms with Crippen LogP contribution in [-0.4, -0.2) is 23.4 Å². The van der Waals surface area contributed by atoms with Crippen molar-refractivity contribution in [3.05, 3.63) is 47.3 Å². The van der Waals surface area contributed by atoms with Gasteiger partial charge in [-0.05, 0) is 48.7 Å². The molecule has 2 unspecified atom stereocenters. The van der Waals surface area contributed by atoms with Crippen LogP contribution in [0.5, 0.6) is 5.75 Å². The van der Waals surface area contributed by atoms with Crippen molar-refractivity contribution in [1.29, 1.82) is 0 Å². The van der Waals surface area contributed by atoms with Crippen LogP contribution in [0.4, 0.5) is 0 Å². The maximum atomic E-state index is 5.36.